The SMILES string of the molecule is O=C1Nc2ccccc2C1C=NC1CCCCC1. The van der Waals surface area contributed by atoms with E-state index in [1.807, 2.05) is 30.5 Å². The lowest BCUT2D eigenvalue weighted by Gasteiger charge is -2.17. The van der Waals surface area contributed by atoms with Gasteiger partial charge >= 0.3 is 0 Å². The summed E-state index contributed by atoms with van der Waals surface area (Å²) < 4.78 is 0. The Bertz CT molecular complexity index is 475. The van der Waals surface area contributed by atoms with Crippen LogP contribution in [0.1, 0.15) is 43.6 Å². The van der Waals surface area contributed by atoms with Crippen LogP contribution in [0.3, 0.4) is 0 Å². The molecule has 3 nitrogen and oxygen atoms in total. The van der Waals surface area contributed by atoms with Crippen molar-refractivity contribution in [2.24, 2.45) is 4.99 Å². The second-order valence-corrected chi connectivity index (χ2v) is 5.14. The predicted octanol–water partition coefficient (Wildman–Crippen LogP) is 3.13. The van der Waals surface area contributed by atoms with Crippen LogP contribution < -0.4 is 5.32 Å². The van der Waals surface area contributed by atoms with Crippen molar-refractivity contribution in [1.29, 1.82) is 0 Å². The third-order valence-corrected chi connectivity index (χ3v) is 3.86. The minimum atomic E-state index is -0.192. The first-order valence-electron chi connectivity index (χ1n) is 6.78. The van der Waals surface area contributed by atoms with Crippen LogP contribution in [0.4, 0.5) is 5.69 Å². The molecule has 1 N–H and O–H groups in total. The molecule has 0 radical (unpaired) electrons. The Morgan fingerprint density at radius 2 is 1.94 bits per heavy atom. The van der Waals surface area contributed by atoms with Gasteiger partial charge in [0.25, 0.3) is 0 Å². The Balaban J connectivity index is 1.76. The fraction of sp³-hybridized carbons (Fsp3) is 0.467. The van der Waals surface area contributed by atoms with E-state index in [1.54, 1.807) is 0 Å². The van der Waals surface area contributed by atoms with Crippen LogP contribution in [0.5, 0.6) is 0 Å². The number of nitrogens with one attached hydrogen (secondary N) is 1. The van der Waals surface area contributed by atoms with Crippen LogP contribution in [0, 0.1) is 0 Å². The minimum absolute atomic E-state index is 0.0516. The molecule has 0 saturated heterocycles. The van der Waals surface area contributed by atoms with E-state index in [4.69, 9.17) is 0 Å². The molecule has 1 aromatic rings. The molecule has 18 heavy (non-hydrogen) atoms. The second-order valence-electron chi connectivity index (χ2n) is 5.14. The van der Waals surface area contributed by atoms with E-state index in [0.29, 0.717) is 6.04 Å². The van der Waals surface area contributed by atoms with E-state index in [9.17, 15) is 4.79 Å². The van der Waals surface area contributed by atoms with Crippen molar-refractivity contribution in [3.63, 3.8) is 0 Å². The van der Waals surface area contributed by atoms with Gasteiger partial charge in [-0.1, -0.05) is 37.5 Å². The van der Waals surface area contributed by atoms with E-state index in [2.05, 4.69) is 10.3 Å². The summed E-state index contributed by atoms with van der Waals surface area (Å²) in [7, 11) is 0. The predicted molar refractivity (Wildman–Crippen MR) is 73.2 cm³/mol. The molecule has 1 atom stereocenters. The Kier molecular flexibility index (Phi) is 3.13. The van der Waals surface area contributed by atoms with Crippen LogP contribution in [-0.2, 0) is 4.79 Å². The van der Waals surface area contributed by atoms with E-state index in [-0.39, 0.29) is 11.8 Å². The fourth-order valence-electron chi connectivity index (χ4n) is 2.82. The van der Waals surface area contributed by atoms with Crippen molar-refractivity contribution in [2.75, 3.05) is 5.32 Å². The molecule has 0 bridgehead atoms. The summed E-state index contributed by atoms with van der Waals surface area (Å²) >= 11 is 0. The molecular formula is C15H18N2O. The largest absolute Gasteiger partial charge is 0.325 e. The number of hydrogen-bond acceptors (Lipinski definition) is 2. The molecule has 1 heterocycles. The minimum Gasteiger partial charge on any atom is -0.325 e. The van der Waals surface area contributed by atoms with E-state index < -0.39 is 0 Å². The smallest absolute Gasteiger partial charge is 0.237 e. The molecule has 1 saturated carbocycles. The molecule has 0 aromatic heterocycles. The van der Waals surface area contributed by atoms with Gasteiger partial charge in [-0.05, 0) is 24.5 Å². The van der Waals surface area contributed by atoms with E-state index >= 15 is 0 Å². The quantitative estimate of drug-likeness (QED) is 0.795. The number of benzene rings is 1. The highest BCUT2D eigenvalue weighted by Gasteiger charge is 2.28. The molecule has 2 aliphatic rings. The summed E-state index contributed by atoms with van der Waals surface area (Å²) in [5.74, 6) is -0.140. The number of carbonyl (C=O) groups excluding carboxylic acids is 1. The van der Waals surface area contributed by atoms with Crippen molar-refractivity contribution in [2.45, 2.75) is 44.1 Å². The molecule has 1 amide bonds. The molecule has 1 aromatic carbocycles. The topological polar surface area (TPSA) is 41.5 Å². The summed E-state index contributed by atoms with van der Waals surface area (Å²) in [4.78, 5) is 16.5. The monoisotopic (exact) mass is 242 g/mol. The molecule has 1 fully saturated rings. The average Bonchev–Trinajstić information content (AvgIpc) is 2.73. The number of aliphatic imine (C=N–C) groups is 1. The molecular weight excluding hydrogens is 224 g/mol. The summed E-state index contributed by atoms with van der Waals surface area (Å²) in [6, 6.07) is 8.30. The van der Waals surface area contributed by atoms with Gasteiger partial charge in [-0.2, -0.15) is 0 Å². The maximum Gasteiger partial charge on any atom is 0.237 e. The number of hydrogen-bond donors (Lipinski definition) is 1. The molecule has 94 valence electrons. The summed E-state index contributed by atoms with van der Waals surface area (Å²) in [6.07, 6.45) is 8.08. The summed E-state index contributed by atoms with van der Waals surface area (Å²) in [5, 5.41) is 2.91. The van der Waals surface area contributed by atoms with Gasteiger partial charge < -0.3 is 5.32 Å². The number of carbonyl (C=O) groups is 1. The Morgan fingerprint density at radius 1 is 1.17 bits per heavy atom. The van der Waals surface area contributed by atoms with Crippen LogP contribution in [0.2, 0.25) is 0 Å². The second kappa shape index (κ2) is 4.92. The first-order valence-corrected chi connectivity index (χ1v) is 6.78. The molecule has 0 spiro atoms. The summed E-state index contributed by atoms with van der Waals surface area (Å²) in [6.45, 7) is 0. The number of para-hydroxylation sites is 1. The highest BCUT2D eigenvalue weighted by atomic mass is 16.2. The van der Waals surface area contributed by atoms with Gasteiger partial charge in [0.15, 0.2) is 0 Å². The fourth-order valence-corrected chi connectivity index (χ4v) is 2.82. The van der Waals surface area contributed by atoms with Gasteiger partial charge in [-0.15, -0.1) is 0 Å². The number of nitrogens with zero attached hydrogens (tertiary/aromatic N) is 1. The van der Waals surface area contributed by atoms with Crippen molar-refractivity contribution in [3.05, 3.63) is 29.8 Å². The maximum atomic E-state index is 11.9. The standard InChI is InChI=1S/C15H18N2O/c18-15-13(10-16-11-6-2-1-3-7-11)12-8-4-5-9-14(12)17-15/h4-5,8-11,13H,1-3,6-7H2,(H,17,18). The lowest BCUT2D eigenvalue weighted by molar-refractivity contribution is -0.115. The lowest BCUT2D eigenvalue weighted by atomic mass is 9.95. The van der Waals surface area contributed by atoms with E-state index in [1.165, 1.54) is 32.1 Å². The Morgan fingerprint density at radius 3 is 2.78 bits per heavy atom. The molecule has 1 unspecified atom stereocenters. The van der Waals surface area contributed by atoms with Crippen molar-refractivity contribution < 1.29 is 4.79 Å². The highest BCUT2D eigenvalue weighted by Crippen LogP contribution is 2.31. The Hall–Kier alpha value is -1.64. The van der Waals surface area contributed by atoms with Gasteiger partial charge in [-0.25, -0.2) is 0 Å². The number of amides is 1. The number of anilines is 1. The van der Waals surface area contributed by atoms with Crippen LogP contribution in [0.25, 0.3) is 0 Å². The lowest BCUT2D eigenvalue weighted by Crippen LogP contribution is -2.16. The third kappa shape index (κ3) is 2.17. The van der Waals surface area contributed by atoms with Crippen molar-refractivity contribution >= 4 is 17.8 Å². The van der Waals surface area contributed by atoms with Crippen molar-refractivity contribution in [3.8, 4) is 0 Å². The molecule has 1 aliphatic heterocycles. The van der Waals surface area contributed by atoms with Crippen molar-refractivity contribution in [1.82, 2.24) is 0 Å². The Labute approximate surface area is 107 Å². The highest BCUT2D eigenvalue weighted by molar-refractivity contribution is 6.12. The normalized spacial score (nSPS) is 24.2. The van der Waals surface area contributed by atoms with E-state index in [0.717, 1.165) is 11.3 Å². The zero-order valence-corrected chi connectivity index (χ0v) is 10.4. The molecule has 3 heteroatoms. The van der Waals surface area contributed by atoms with Gasteiger partial charge in [0.1, 0.15) is 5.92 Å². The van der Waals surface area contributed by atoms with Crippen LogP contribution in [-0.4, -0.2) is 18.2 Å². The zero-order chi connectivity index (χ0) is 12.4. The van der Waals surface area contributed by atoms with Gasteiger partial charge in [0.05, 0.1) is 0 Å². The van der Waals surface area contributed by atoms with Gasteiger partial charge in [-0.3, -0.25) is 9.79 Å². The van der Waals surface area contributed by atoms with Crippen LogP contribution >= 0.6 is 0 Å². The third-order valence-electron chi connectivity index (χ3n) is 3.86. The van der Waals surface area contributed by atoms with Gasteiger partial charge in [0.2, 0.25) is 5.91 Å². The van der Waals surface area contributed by atoms with Crippen LogP contribution in [0.15, 0.2) is 29.3 Å². The average molecular weight is 242 g/mol. The van der Waals surface area contributed by atoms with Gasteiger partial charge in [0, 0.05) is 17.9 Å². The molecule has 3 rings (SSSR count). The summed E-state index contributed by atoms with van der Waals surface area (Å²) in [5.41, 5.74) is 1.99. The number of rotatable bonds is 2. The number of fused-ring (bicyclic) bond motifs is 1. The first-order chi connectivity index (χ1) is 8.84. The first kappa shape index (κ1) is 11.5. The maximum absolute atomic E-state index is 11.9. The zero-order valence-electron chi connectivity index (χ0n) is 10.4. The molecule has 1 aliphatic carbocycles.